The van der Waals surface area contributed by atoms with E-state index >= 15 is 0 Å². The molecule has 0 fully saturated rings. The molecule has 4 nitrogen and oxygen atoms in total. The number of phenolic OH excluding ortho intramolecular Hbond substituents is 1. The summed E-state index contributed by atoms with van der Waals surface area (Å²) >= 11 is 0. The number of hydrogen-bond donors (Lipinski definition) is 2. The number of nitrogens with one attached hydrogen (secondary N) is 1. The predicted octanol–water partition coefficient (Wildman–Crippen LogP) is 4.28. The zero-order valence-electron chi connectivity index (χ0n) is 15.0. The standard InChI is InChI=1S/C21H21FN2O2/c1-14(8-10-21(2)11-9-19(23-3)24-20(21)22)4-6-17-13-15-12-16(25)5-7-18(15)26-17/h4-7,9,11-14,20,25H,1-3H3,(H,23,24)/b6-4+/t14-,20?,21?/m1/s1. The fourth-order valence-electron chi connectivity index (χ4n) is 2.60. The van der Waals surface area contributed by atoms with Crippen LogP contribution < -0.4 is 5.32 Å². The third-order valence-corrected chi connectivity index (χ3v) is 4.27. The minimum Gasteiger partial charge on any atom is -0.508 e. The monoisotopic (exact) mass is 352 g/mol. The van der Waals surface area contributed by atoms with Gasteiger partial charge in [0.15, 0.2) is 6.30 Å². The Balaban J connectivity index is 1.73. The van der Waals surface area contributed by atoms with Crippen LogP contribution in [0.3, 0.4) is 0 Å². The molecular formula is C21H21FN2O2. The van der Waals surface area contributed by atoms with Crippen LogP contribution in [0.4, 0.5) is 4.39 Å². The second kappa shape index (κ2) is 7.09. The third-order valence-electron chi connectivity index (χ3n) is 4.27. The van der Waals surface area contributed by atoms with Gasteiger partial charge in [-0.05, 0) is 50.3 Å². The second-order valence-electron chi connectivity index (χ2n) is 6.52. The molecule has 0 saturated heterocycles. The highest BCUT2D eigenvalue weighted by Crippen LogP contribution is 2.27. The van der Waals surface area contributed by atoms with Crippen molar-refractivity contribution in [3.8, 4) is 17.6 Å². The fraction of sp³-hybridized carbons (Fsp3) is 0.286. The molecule has 2 unspecified atom stereocenters. The van der Waals surface area contributed by atoms with Gasteiger partial charge >= 0.3 is 0 Å². The Morgan fingerprint density at radius 2 is 2.23 bits per heavy atom. The smallest absolute Gasteiger partial charge is 0.191 e. The van der Waals surface area contributed by atoms with Gasteiger partial charge in [0.05, 0.1) is 5.41 Å². The molecule has 1 aliphatic rings. The molecule has 2 aromatic rings. The van der Waals surface area contributed by atoms with Crippen LogP contribution in [0.2, 0.25) is 0 Å². The summed E-state index contributed by atoms with van der Waals surface area (Å²) in [7, 11) is 1.61. The number of aliphatic imine (C=N–C) groups is 1. The van der Waals surface area contributed by atoms with E-state index in [1.807, 2.05) is 25.1 Å². The van der Waals surface area contributed by atoms with E-state index in [-0.39, 0.29) is 11.7 Å². The molecule has 0 amide bonds. The van der Waals surface area contributed by atoms with E-state index in [1.54, 1.807) is 44.3 Å². The van der Waals surface area contributed by atoms with Crippen molar-refractivity contribution >= 4 is 22.9 Å². The highest BCUT2D eigenvalue weighted by Gasteiger charge is 2.33. The van der Waals surface area contributed by atoms with Crippen molar-refractivity contribution in [3.63, 3.8) is 0 Å². The van der Waals surface area contributed by atoms with Crippen LogP contribution in [0.25, 0.3) is 17.0 Å². The molecule has 3 rings (SSSR count). The van der Waals surface area contributed by atoms with Crippen molar-refractivity contribution in [1.82, 2.24) is 5.32 Å². The number of alkyl halides is 1. The quantitative estimate of drug-likeness (QED) is 0.626. The average Bonchev–Trinajstić information content (AvgIpc) is 3.02. The number of furan rings is 1. The summed E-state index contributed by atoms with van der Waals surface area (Å²) in [6.45, 7) is 3.69. The molecular weight excluding hydrogens is 331 g/mol. The number of rotatable bonds is 2. The summed E-state index contributed by atoms with van der Waals surface area (Å²) in [6, 6.07) is 6.81. The lowest BCUT2D eigenvalue weighted by atomic mass is 9.86. The van der Waals surface area contributed by atoms with Gasteiger partial charge in [0.25, 0.3) is 0 Å². The van der Waals surface area contributed by atoms with Crippen molar-refractivity contribution in [2.75, 3.05) is 7.05 Å². The van der Waals surface area contributed by atoms with Crippen LogP contribution in [0.5, 0.6) is 5.75 Å². The first-order chi connectivity index (χ1) is 12.4. The van der Waals surface area contributed by atoms with Gasteiger partial charge in [0.2, 0.25) is 0 Å². The number of phenols is 1. The van der Waals surface area contributed by atoms with E-state index in [0.717, 1.165) is 5.39 Å². The Morgan fingerprint density at radius 3 is 2.96 bits per heavy atom. The lowest BCUT2D eigenvalue weighted by molar-refractivity contribution is 0.203. The number of amidine groups is 1. The fourth-order valence-corrected chi connectivity index (χ4v) is 2.60. The zero-order chi connectivity index (χ0) is 18.7. The molecule has 0 radical (unpaired) electrons. The molecule has 0 spiro atoms. The van der Waals surface area contributed by atoms with Gasteiger partial charge in [-0.3, -0.25) is 4.99 Å². The minimum atomic E-state index is -1.31. The van der Waals surface area contributed by atoms with E-state index in [2.05, 4.69) is 22.2 Å². The molecule has 0 saturated carbocycles. The summed E-state index contributed by atoms with van der Waals surface area (Å²) < 4.78 is 20.0. The Kier molecular flexibility index (Phi) is 4.85. The number of benzene rings is 1. The van der Waals surface area contributed by atoms with Gasteiger partial charge in [-0.2, -0.15) is 0 Å². The molecule has 5 heteroatoms. The maximum absolute atomic E-state index is 14.3. The van der Waals surface area contributed by atoms with E-state index < -0.39 is 11.7 Å². The summed E-state index contributed by atoms with van der Waals surface area (Å²) in [5.41, 5.74) is -0.187. The molecule has 2 heterocycles. The normalized spacial score (nSPS) is 25.2. The van der Waals surface area contributed by atoms with Crippen molar-refractivity contribution in [3.05, 3.63) is 48.3 Å². The Hall–Kier alpha value is -3.00. The predicted molar refractivity (Wildman–Crippen MR) is 102 cm³/mol. The number of halogens is 1. The van der Waals surface area contributed by atoms with Gasteiger partial charge in [0, 0.05) is 18.4 Å². The summed E-state index contributed by atoms with van der Waals surface area (Å²) in [5, 5.41) is 13.0. The van der Waals surface area contributed by atoms with Crippen LogP contribution in [-0.4, -0.2) is 24.3 Å². The summed E-state index contributed by atoms with van der Waals surface area (Å²) in [6.07, 6.45) is 5.92. The largest absolute Gasteiger partial charge is 0.508 e. The van der Waals surface area contributed by atoms with Crippen LogP contribution >= 0.6 is 0 Å². The topological polar surface area (TPSA) is 57.8 Å². The Bertz CT molecular complexity index is 961. The van der Waals surface area contributed by atoms with Crippen molar-refractivity contribution < 1.29 is 13.9 Å². The number of hydrogen-bond acceptors (Lipinski definition) is 3. The van der Waals surface area contributed by atoms with Gasteiger partial charge in [-0.1, -0.05) is 24.0 Å². The molecule has 2 N–H and O–H groups in total. The maximum atomic E-state index is 14.3. The average molecular weight is 352 g/mol. The first kappa shape index (κ1) is 17.8. The zero-order valence-corrected chi connectivity index (χ0v) is 15.0. The van der Waals surface area contributed by atoms with Crippen LogP contribution in [0, 0.1) is 23.2 Å². The first-order valence-corrected chi connectivity index (χ1v) is 8.40. The molecule has 0 aliphatic carbocycles. The van der Waals surface area contributed by atoms with E-state index in [1.165, 1.54) is 0 Å². The highest BCUT2D eigenvalue weighted by atomic mass is 19.1. The van der Waals surface area contributed by atoms with E-state index in [0.29, 0.717) is 17.2 Å². The summed E-state index contributed by atoms with van der Waals surface area (Å²) in [5.74, 6) is 7.42. The molecule has 134 valence electrons. The van der Waals surface area contributed by atoms with Crippen molar-refractivity contribution in [2.24, 2.45) is 16.3 Å². The Morgan fingerprint density at radius 1 is 1.42 bits per heavy atom. The van der Waals surface area contributed by atoms with Gasteiger partial charge in [-0.15, -0.1) is 0 Å². The number of fused-ring (bicyclic) bond motifs is 1. The molecule has 3 atom stereocenters. The minimum absolute atomic E-state index is 0.0738. The van der Waals surface area contributed by atoms with E-state index in [4.69, 9.17) is 4.42 Å². The molecule has 1 aromatic carbocycles. The van der Waals surface area contributed by atoms with Gasteiger partial charge in [-0.25, -0.2) is 4.39 Å². The number of nitrogens with zero attached hydrogens (tertiary/aromatic N) is 1. The SMILES string of the molecule is CN=C1C=CC(C)(C#C[C@H](C)/C=C/c2cc3cc(O)ccc3o2)C(F)N1. The lowest BCUT2D eigenvalue weighted by Crippen LogP contribution is -2.44. The lowest BCUT2D eigenvalue weighted by Gasteiger charge is -2.29. The van der Waals surface area contributed by atoms with Crippen molar-refractivity contribution in [2.45, 2.75) is 20.1 Å². The first-order valence-electron chi connectivity index (χ1n) is 8.40. The Labute approximate surface area is 152 Å². The number of allylic oxidation sites excluding steroid dienone is 1. The van der Waals surface area contributed by atoms with Gasteiger partial charge < -0.3 is 14.8 Å². The van der Waals surface area contributed by atoms with Crippen molar-refractivity contribution in [1.29, 1.82) is 0 Å². The van der Waals surface area contributed by atoms with Crippen LogP contribution in [-0.2, 0) is 0 Å². The third kappa shape index (κ3) is 3.80. The number of aromatic hydroxyl groups is 1. The molecule has 0 bridgehead atoms. The van der Waals surface area contributed by atoms with Crippen LogP contribution in [0.1, 0.15) is 19.6 Å². The molecule has 1 aromatic heterocycles. The molecule has 26 heavy (non-hydrogen) atoms. The second-order valence-corrected chi connectivity index (χ2v) is 6.52. The summed E-state index contributed by atoms with van der Waals surface area (Å²) in [4.78, 5) is 3.94. The van der Waals surface area contributed by atoms with Crippen LogP contribution in [0.15, 0.2) is 51.9 Å². The maximum Gasteiger partial charge on any atom is 0.191 e. The van der Waals surface area contributed by atoms with E-state index in [9.17, 15) is 9.50 Å². The highest BCUT2D eigenvalue weighted by molar-refractivity contribution is 5.94. The van der Waals surface area contributed by atoms with Gasteiger partial charge in [0.1, 0.15) is 22.9 Å². The molecule has 1 aliphatic heterocycles.